The minimum absolute atomic E-state index is 0.0897. The van der Waals surface area contributed by atoms with Gasteiger partial charge in [-0.25, -0.2) is 0 Å². The molecule has 0 fully saturated rings. The number of aromatic nitrogens is 2. The molecule has 0 saturated carbocycles. The lowest BCUT2D eigenvalue weighted by molar-refractivity contribution is -0.126. The molecule has 2 aromatic heterocycles. The van der Waals surface area contributed by atoms with Crippen LogP contribution in [0, 0.1) is 5.92 Å². The SMILES string of the molecule is COc1cccc2c1OC[C@H](C(=O)NCc1noc(Cc3cccs3)n1)C2. The Morgan fingerprint density at radius 1 is 1.37 bits per heavy atom. The molecule has 1 aliphatic heterocycles. The average molecular weight is 385 g/mol. The van der Waals surface area contributed by atoms with Crippen molar-refractivity contribution < 1.29 is 18.8 Å². The summed E-state index contributed by atoms with van der Waals surface area (Å²) in [6, 6.07) is 9.70. The van der Waals surface area contributed by atoms with Crippen molar-refractivity contribution in [1.29, 1.82) is 0 Å². The molecule has 1 amide bonds. The molecule has 0 bridgehead atoms. The van der Waals surface area contributed by atoms with Crippen LogP contribution in [0.4, 0.5) is 0 Å². The highest BCUT2D eigenvalue weighted by Crippen LogP contribution is 2.36. The van der Waals surface area contributed by atoms with Crippen LogP contribution < -0.4 is 14.8 Å². The first-order valence-electron chi connectivity index (χ1n) is 8.63. The van der Waals surface area contributed by atoms with E-state index in [0.29, 0.717) is 36.9 Å². The maximum absolute atomic E-state index is 12.5. The van der Waals surface area contributed by atoms with Crippen molar-refractivity contribution >= 4 is 17.2 Å². The van der Waals surface area contributed by atoms with Gasteiger partial charge >= 0.3 is 0 Å². The maximum atomic E-state index is 12.5. The van der Waals surface area contributed by atoms with E-state index in [1.54, 1.807) is 18.4 Å². The van der Waals surface area contributed by atoms with Crippen molar-refractivity contribution in [2.75, 3.05) is 13.7 Å². The molecular formula is C19H19N3O4S. The van der Waals surface area contributed by atoms with Crippen molar-refractivity contribution in [1.82, 2.24) is 15.5 Å². The van der Waals surface area contributed by atoms with Gasteiger partial charge in [0, 0.05) is 4.88 Å². The maximum Gasteiger partial charge on any atom is 0.231 e. The fraction of sp³-hybridized carbons (Fsp3) is 0.316. The van der Waals surface area contributed by atoms with E-state index in [2.05, 4.69) is 15.5 Å². The van der Waals surface area contributed by atoms with Gasteiger partial charge in [0.25, 0.3) is 0 Å². The first-order chi connectivity index (χ1) is 13.2. The Morgan fingerprint density at radius 2 is 2.30 bits per heavy atom. The van der Waals surface area contributed by atoms with E-state index >= 15 is 0 Å². The molecule has 0 spiro atoms. The second-order valence-electron chi connectivity index (χ2n) is 6.24. The number of benzene rings is 1. The molecule has 3 aromatic rings. The Kier molecular flexibility index (Phi) is 5.06. The molecule has 3 heterocycles. The van der Waals surface area contributed by atoms with Gasteiger partial charge in [-0.15, -0.1) is 11.3 Å². The number of nitrogens with one attached hydrogen (secondary N) is 1. The number of methoxy groups -OCH3 is 1. The van der Waals surface area contributed by atoms with Crippen molar-refractivity contribution in [3.8, 4) is 11.5 Å². The zero-order chi connectivity index (χ0) is 18.6. The van der Waals surface area contributed by atoms with Gasteiger partial charge in [0.15, 0.2) is 17.3 Å². The number of fused-ring (bicyclic) bond motifs is 1. The first-order valence-corrected chi connectivity index (χ1v) is 9.51. The second-order valence-corrected chi connectivity index (χ2v) is 7.27. The van der Waals surface area contributed by atoms with Crippen molar-refractivity contribution in [3.63, 3.8) is 0 Å². The fourth-order valence-corrected chi connectivity index (χ4v) is 3.73. The molecule has 8 heteroatoms. The van der Waals surface area contributed by atoms with Crippen LogP contribution in [0.3, 0.4) is 0 Å². The molecular weight excluding hydrogens is 366 g/mol. The first kappa shape index (κ1) is 17.5. The molecule has 1 aromatic carbocycles. The van der Waals surface area contributed by atoms with Gasteiger partial charge in [0.2, 0.25) is 11.8 Å². The number of rotatable bonds is 6. The average Bonchev–Trinajstić information content (AvgIpc) is 3.37. The molecule has 7 nitrogen and oxygen atoms in total. The smallest absolute Gasteiger partial charge is 0.231 e. The molecule has 1 aliphatic rings. The summed E-state index contributed by atoms with van der Waals surface area (Å²) in [6.07, 6.45) is 1.21. The molecule has 140 valence electrons. The fourth-order valence-electron chi connectivity index (χ4n) is 3.03. The minimum atomic E-state index is -0.262. The van der Waals surface area contributed by atoms with Crippen molar-refractivity contribution in [2.24, 2.45) is 5.92 Å². The van der Waals surface area contributed by atoms with Gasteiger partial charge in [0.05, 0.1) is 26.0 Å². The van der Waals surface area contributed by atoms with E-state index in [1.165, 1.54) is 0 Å². The Labute approximate surface area is 160 Å². The summed E-state index contributed by atoms with van der Waals surface area (Å²) in [7, 11) is 1.61. The molecule has 0 saturated heterocycles. The number of thiophene rings is 1. The highest BCUT2D eigenvalue weighted by atomic mass is 32.1. The van der Waals surface area contributed by atoms with Crippen LogP contribution in [-0.2, 0) is 24.2 Å². The van der Waals surface area contributed by atoms with Crippen molar-refractivity contribution in [2.45, 2.75) is 19.4 Å². The van der Waals surface area contributed by atoms with E-state index in [-0.39, 0.29) is 18.4 Å². The largest absolute Gasteiger partial charge is 0.493 e. The third-order valence-corrected chi connectivity index (χ3v) is 5.26. The highest BCUT2D eigenvalue weighted by molar-refractivity contribution is 7.09. The van der Waals surface area contributed by atoms with Gasteiger partial charge < -0.3 is 19.3 Å². The molecule has 0 aliphatic carbocycles. The molecule has 27 heavy (non-hydrogen) atoms. The number of carbonyl (C=O) groups excluding carboxylic acids is 1. The zero-order valence-corrected chi connectivity index (χ0v) is 15.6. The monoisotopic (exact) mass is 385 g/mol. The summed E-state index contributed by atoms with van der Waals surface area (Å²) in [4.78, 5) is 18.0. The summed E-state index contributed by atoms with van der Waals surface area (Å²) in [5.41, 5.74) is 0.971. The van der Waals surface area contributed by atoms with E-state index in [9.17, 15) is 4.79 Å². The van der Waals surface area contributed by atoms with Crippen LogP contribution in [0.1, 0.15) is 22.2 Å². The minimum Gasteiger partial charge on any atom is -0.493 e. The topological polar surface area (TPSA) is 86.5 Å². The number of hydrogen-bond acceptors (Lipinski definition) is 7. The normalized spacial score (nSPS) is 15.7. The summed E-state index contributed by atoms with van der Waals surface area (Å²) in [5.74, 6) is 2.07. The number of ether oxygens (including phenoxy) is 2. The lowest BCUT2D eigenvalue weighted by Gasteiger charge is -2.25. The van der Waals surface area contributed by atoms with Gasteiger partial charge in [-0.2, -0.15) is 4.98 Å². The van der Waals surface area contributed by atoms with Gasteiger partial charge in [-0.05, 0) is 29.5 Å². The van der Waals surface area contributed by atoms with Crippen LogP contribution in [0.5, 0.6) is 11.5 Å². The third kappa shape index (κ3) is 3.95. The molecule has 0 unspecified atom stereocenters. The summed E-state index contributed by atoms with van der Waals surface area (Å²) in [5, 5.41) is 8.80. The Bertz CT molecular complexity index is 923. The van der Waals surface area contributed by atoms with Crippen LogP contribution in [0.2, 0.25) is 0 Å². The Hall–Kier alpha value is -2.87. The van der Waals surface area contributed by atoms with E-state index in [1.807, 2.05) is 35.7 Å². The summed E-state index contributed by atoms with van der Waals surface area (Å²) in [6.45, 7) is 0.545. The highest BCUT2D eigenvalue weighted by Gasteiger charge is 2.28. The van der Waals surface area contributed by atoms with Crippen LogP contribution >= 0.6 is 11.3 Å². The lowest BCUT2D eigenvalue weighted by atomic mass is 9.95. The van der Waals surface area contributed by atoms with Crippen molar-refractivity contribution in [3.05, 3.63) is 57.9 Å². The summed E-state index contributed by atoms with van der Waals surface area (Å²) < 4.78 is 16.3. The van der Waals surface area contributed by atoms with Crippen LogP contribution in [0.15, 0.2) is 40.2 Å². The molecule has 1 atom stereocenters. The van der Waals surface area contributed by atoms with Gasteiger partial charge in [-0.1, -0.05) is 23.4 Å². The van der Waals surface area contributed by atoms with E-state index in [0.717, 1.165) is 16.2 Å². The number of carbonyl (C=O) groups is 1. The van der Waals surface area contributed by atoms with Crippen LogP contribution in [0.25, 0.3) is 0 Å². The third-order valence-electron chi connectivity index (χ3n) is 4.38. The predicted octanol–water partition coefficient (Wildman–Crippen LogP) is 2.60. The van der Waals surface area contributed by atoms with Gasteiger partial charge in [0.1, 0.15) is 6.61 Å². The Balaban J connectivity index is 1.33. The standard InChI is InChI=1S/C19H19N3O4S/c1-24-15-6-2-4-12-8-13(11-25-18(12)15)19(23)20-10-16-21-17(26-22-16)9-14-5-3-7-27-14/h2-7,13H,8-11H2,1H3,(H,20,23)/t13-/m1/s1. The number of para-hydroxylation sites is 1. The number of amides is 1. The zero-order valence-electron chi connectivity index (χ0n) is 14.8. The number of nitrogens with zero attached hydrogens (tertiary/aromatic N) is 2. The number of hydrogen-bond donors (Lipinski definition) is 1. The molecule has 1 N–H and O–H groups in total. The van der Waals surface area contributed by atoms with E-state index < -0.39 is 0 Å². The van der Waals surface area contributed by atoms with Crippen LogP contribution in [-0.4, -0.2) is 29.8 Å². The lowest BCUT2D eigenvalue weighted by Crippen LogP contribution is -2.37. The summed E-state index contributed by atoms with van der Waals surface area (Å²) >= 11 is 1.64. The second kappa shape index (κ2) is 7.79. The van der Waals surface area contributed by atoms with E-state index in [4.69, 9.17) is 14.0 Å². The predicted molar refractivity (Wildman–Crippen MR) is 99.0 cm³/mol. The quantitative estimate of drug-likeness (QED) is 0.702. The van der Waals surface area contributed by atoms with Gasteiger partial charge in [-0.3, -0.25) is 4.79 Å². The molecule has 0 radical (unpaired) electrons. The Morgan fingerprint density at radius 3 is 3.11 bits per heavy atom. The molecule has 4 rings (SSSR count).